The molecule has 1 aliphatic rings. The van der Waals surface area contributed by atoms with E-state index >= 15 is 0 Å². The second-order valence-corrected chi connectivity index (χ2v) is 10.4. The van der Waals surface area contributed by atoms with Crippen LogP contribution in [0.15, 0.2) is 67.1 Å². The minimum Gasteiger partial charge on any atom is -0.394 e. The lowest BCUT2D eigenvalue weighted by atomic mass is 10.1. The highest BCUT2D eigenvalue weighted by Gasteiger charge is 2.46. The quantitative estimate of drug-likeness (QED) is 0.227. The number of halogens is 3. The van der Waals surface area contributed by atoms with E-state index in [1.165, 1.54) is 27.7 Å². The number of hydrogen-bond donors (Lipinski definition) is 5. The minimum atomic E-state index is -5.57. The van der Waals surface area contributed by atoms with E-state index in [2.05, 4.69) is 15.3 Å². The van der Waals surface area contributed by atoms with Gasteiger partial charge >= 0.3 is 15.5 Å². The standard InChI is InChI=1S/C24H22F3N5O6S/c25-24(26,27)39(36,37)31-15-8-6-14(7-9-15)30-21-18-16(13-4-2-1-3-5-13)10-32(22(18)29-12-28-21)23-20(35)19(34)17(11-33)38-23/h1-10,12,17,19-20,23,31,33-35H,11H2,(H,28,29,30)/t17-,19+,20+,23+/m0/s1. The normalized spacial score (nSPS) is 21.8. The van der Waals surface area contributed by atoms with E-state index in [-0.39, 0.29) is 5.69 Å². The number of nitrogens with one attached hydrogen (secondary N) is 2. The van der Waals surface area contributed by atoms with E-state index in [0.29, 0.717) is 28.1 Å². The van der Waals surface area contributed by atoms with Crippen molar-refractivity contribution in [2.75, 3.05) is 16.6 Å². The van der Waals surface area contributed by atoms with Crippen LogP contribution in [0.3, 0.4) is 0 Å². The van der Waals surface area contributed by atoms with Gasteiger partial charge in [0.25, 0.3) is 0 Å². The predicted molar refractivity (Wildman–Crippen MR) is 134 cm³/mol. The summed E-state index contributed by atoms with van der Waals surface area (Å²) in [5, 5.41) is 34.0. The predicted octanol–water partition coefficient (Wildman–Crippen LogP) is 2.71. The van der Waals surface area contributed by atoms with E-state index in [9.17, 15) is 36.9 Å². The fourth-order valence-electron chi connectivity index (χ4n) is 4.29. The van der Waals surface area contributed by atoms with E-state index in [1.807, 2.05) is 30.3 Å². The first-order chi connectivity index (χ1) is 18.5. The molecule has 206 valence electrons. The number of nitrogens with zero attached hydrogens (tertiary/aromatic N) is 3. The van der Waals surface area contributed by atoms with Gasteiger partial charge < -0.3 is 29.9 Å². The molecule has 0 aliphatic carbocycles. The van der Waals surface area contributed by atoms with Crippen molar-refractivity contribution in [1.82, 2.24) is 14.5 Å². The molecule has 11 nitrogen and oxygen atoms in total. The SMILES string of the molecule is O=S(=O)(Nc1ccc(Nc2ncnc3c2c(-c2ccccc2)cn3[C@@H]2O[C@@H](CO)[C@@H](O)[C@H]2O)cc1)C(F)(F)F. The molecule has 2 aromatic carbocycles. The van der Waals surface area contributed by atoms with Crippen molar-refractivity contribution in [2.45, 2.75) is 30.0 Å². The van der Waals surface area contributed by atoms with E-state index in [0.717, 1.165) is 17.7 Å². The summed E-state index contributed by atoms with van der Waals surface area (Å²) in [6.45, 7) is -0.504. The number of anilines is 3. The summed E-state index contributed by atoms with van der Waals surface area (Å²) >= 11 is 0. The van der Waals surface area contributed by atoms with Gasteiger partial charge in [0.2, 0.25) is 0 Å². The molecule has 3 heterocycles. The largest absolute Gasteiger partial charge is 0.516 e. The molecule has 1 fully saturated rings. The number of ether oxygens (including phenoxy) is 1. The van der Waals surface area contributed by atoms with Gasteiger partial charge in [0.05, 0.1) is 12.0 Å². The third-order valence-corrected chi connectivity index (χ3v) is 7.30. The van der Waals surface area contributed by atoms with Crippen LogP contribution in [0.5, 0.6) is 0 Å². The van der Waals surface area contributed by atoms with Crippen molar-refractivity contribution < 1.29 is 41.6 Å². The summed E-state index contributed by atoms with van der Waals surface area (Å²) in [6.07, 6.45) is -1.83. The molecular weight excluding hydrogens is 543 g/mol. The fourth-order valence-corrected chi connectivity index (χ4v) is 4.85. The number of rotatable bonds is 7. The van der Waals surface area contributed by atoms with Crippen LogP contribution in [0.2, 0.25) is 0 Å². The maximum atomic E-state index is 12.7. The Morgan fingerprint density at radius 2 is 1.64 bits per heavy atom. The molecule has 0 saturated carbocycles. The summed E-state index contributed by atoms with van der Waals surface area (Å²) < 4.78 is 69.5. The van der Waals surface area contributed by atoms with Crippen LogP contribution in [-0.4, -0.2) is 68.7 Å². The number of aliphatic hydroxyl groups is 3. The Balaban J connectivity index is 1.54. The van der Waals surface area contributed by atoms with Gasteiger partial charge in [0, 0.05) is 23.1 Å². The molecule has 0 amide bonds. The molecule has 1 aliphatic heterocycles. The van der Waals surface area contributed by atoms with Gasteiger partial charge in [-0.05, 0) is 29.8 Å². The van der Waals surface area contributed by atoms with Crippen molar-refractivity contribution >= 4 is 38.2 Å². The summed E-state index contributed by atoms with van der Waals surface area (Å²) in [5.74, 6) is 0.299. The Morgan fingerprint density at radius 1 is 0.974 bits per heavy atom. The van der Waals surface area contributed by atoms with Gasteiger partial charge in [-0.2, -0.15) is 21.6 Å². The van der Waals surface area contributed by atoms with Crippen LogP contribution < -0.4 is 10.0 Å². The zero-order valence-corrected chi connectivity index (χ0v) is 20.6. The molecule has 0 bridgehead atoms. The van der Waals surface area contributed by atoms with Crippen LogP contribution in [0.25, 0.3) is 22.2 Å². The van der Waals surface area contributed by atoms with Crippen molar-refractivity contribution in [3.8, 4) is 11.1 Å². The highest BCUT2D eigenvalue weighted by molar-refractivity contribution is 7.93. The molecule has 39 heavy (non-hydrogen) atoms. The Kier molecular flexibility index (Phi) is 6.94. The lowest BCUT2D eigenvalue weighted by Crippen LogP contribution is -2.33. The van der Waals surface area contributed by atoms with Crippen LogP contribution in [0.4, 0.5) is 30.4 Å². The van der Waals surface area contributed by atoms with Crippen molar-refractivity contribution in [2.24, 2.45) is 0 Å². The van der Waals surface area contributed by atoms with Gasteiger partial charge in [-0.1, -0.05) is 30.3 Å². The number of aromatic nitrogens is 3. The minimum absolute atomic E-state index is 0.286. The zero-order chi connectivity index (χ0) is 27.9. The lowest BCUT2D eigenvalue weighted by molar-refractivity contribution is -0.0508. The Labute approximate surface area is 219 Å². The number of hydrogen-bond acceptors (Lipinski definition) is 9. The average Bonchev–Trinajstić information content (AvgIpc) is 3.43. The summed E-state index contributed by atoms with van der Waals surface area (Å²) in [4.78, 5) is 8.67. The number of benzene rings is 2. The zero-order valence-electron chi connectivity index (χ0n) is 19.8. The Bertz CT molecular complexity index is 1580. The first-order valence-electron chi connectivity index (χ1n) is 11.5. The number of alkyl halides is 3. The maximum absolute atomic E-state index is 12.7. The molecule has 2 aromatic heterocycles. The molecule has 5 N–H and O–H groups in total. The second kappa shape index (κ2) is 10.1. The highest BCUT2D eigenvalue weighted by Crippen LogP contribution is 2.39. The van der Waals surface area contributed by atoms with Crippen molar-refractivity contribution in [1.29, 1.82) is 0 Å². The second-order valence-electron chi connectivity index (χ2n) is 8.72. The average molecular weight is 566 g/mol. The molecule has 4 atom stereocenters. The summed E-state index contributed by atoms with van der Waals surface area (Å²) in [6, 6.07) is 14.2. The number of fused-ring (bicyclic) bond motifs is 1. The summed E-state index contributed by atoms with van der Waals surface area (Å²) in [7, 11) is -5.57. The third-order valence-electron chi connectivity index (χ3n) is 6.19. The first-order valence-corrected chi connectivity index (χ1v) is 13.0. The molecule has 0 spiro atoms. The maximum Gasteiger partial charge on any atom is 0.516 e. The van der Waals surface area contributed by atoms with Gasteiger partial charge in [-0.3, -0.25) is 4.72 Å². The molecule has 1 saturated heterocycles. The van der Waals surface area contributed by atoms with E-state index in [1.54, 1.807) is 6.20 Å². The van der Waals surface area contributed by atoms with Gasteiger partial charge in [0.1, 0.15) is 36.1 Å². The molecule has 5 rings (SSSR count). The van der Waals surface area contributed by atoms with Gasteiger partial charge in [-0.15, -0.1) is 0 Å². The molecule has 15 heteroatoms. The van der Waals surface area contributed by atoms with Gasteiger partial charge in [-0.25, -0.2) is 9.97 Å². The first kappa shape index (κ1) is 26.8. The van der Waals surface area contributed by atoms with Crippen LogP contribution in [0.1, 0.15) is 6.23 Å². The van der Waals surface area contributed by atoms with Crippen molar-refractivity contribution in [3.05, 3.63) is 67.1 Å². The summed E-state index contributed by atoms with van der Waals surface area (Å²) in [5.41, 5.74) is -3.63. The smallest absolute Gasteiger partial charge is 0.394 e. The lowest BCUT2D eigenvalue weighted by Gasteiger charge is -2.17. The van der Waals surface area contributed by atoms with Gasteiger partial charge in [0.15, 0.2) is 6.23 Å². The Hall–Kier alpha value is -3.76. The van der Waals surface area contributed by atoms with Crippen LogP contribution in [0, 0.1) is 0 Å². The van der Waals surface area contributed by atoms with Crippen LogP contribution in [-0.2, 0) is 14.8 Å². The van der Waals surface area contributed by atoms with Crippen molar-refractivity contribution in [3.63, 3.8) is 0 Å². The number of sulfonamides is 1. The van der Waals surface area contributed by atoms with Crippen LogP contribution >= 0.6 is 0 Å². The molecular formula is C24H22F3N5O6S. The molecule has 0 radical (unpaired) electrons. The molecule has 4 aromatic rings. The van der Waals surface area contributed by atoms with E-state index in [4.69, 9.17) is 4.74 Å². The highest BCUT2D eigenvalue weighted by atomic mass is 32.2. The fraction of sp³-hybridized carbons (Fsp3) is 0.250. The third kappa shape index (κ3) is 5.02. The van der Waals surface area contributed by atoms with E-state index < -0.39 is 46.7 Å². The molecule has 0 unspecified atom stereocenters. The monoisotopic (exact) mass is 565 g/mol. The Morgan fingerprint density at radius 3 is 2.26 bits per heavy atom. The topological polar surface area (TPSA) is 159 Å². The number of aliphatic hydroxyl groups excluding tert-OH is 3.